The van der Waals surface area contributed by atoms with Crippen molar-refractivity contribution in [1.82, 2.24) is 10.2 Å². The summed E-state index contributed by atoms with van der Waals surface area (Å²) in [7, 11) is 2.06. The number of likely N-dealkylation sites (tertiary alicyclic amines) is 1. The fourth-order valence-electron chi connectivity index (χ4n) is 2.10. The Labute approximate surface area is 71.9 Å². The maximum Gasteiger partial charge on any atom is 0.408 e. The lowest BCUT2D eigenvalue weighted by atomic mass is 9.89. The van der Waals surface area contributed by atoms with E-state index in [4.69, 9.17) is 4.74 Å². The number of piperidine rings is 1. The highest BCUT2D eigenvalue weighted by Crippen LogP contribution is 2.27. The van der Waals surface area contributed by atoms with Crippen molar-refractivity contribution in [2.45, 2.75) is 25.0 Å². The van der Waals surface area contributed by atoms with Crippen LogP contribution in [-0.4, -0.2) is 42.8 Å². The van der Waals surface area contributed by atoms with E-state index in [0.717, 1.165) is 19.5 Å². The number of rotatable bonds is 0. The van der Waals surface area contributed by atoms with Crippen molar-refractivity contribution in [2.75, 3.05) is 20.1 Å². The van der Waals surface area contributed by atoms with E-state index in [1.54, 1.807) is 0 Å². The van der Waals surface area contributed by atoms with Crippen LogP contribution >= 0.6 is 0 Å². The molecule has 1 amide bonds. The first kappa shape index (κ1) is 7.86. The number of alkyl carbamates (subject to hydrolysis) is 1. The van der Waals surface area contributed by atoms with Crippen LogP contribution in [0.15, 0.2) is 0 Å². The zero-order valence-corrected chi connectivity index (χ0v) is 7.46. The highest BCUT2D eigenvalue weighted by molar-refractivity contribution is 5.71. The molecule has 0 spiro atoms. The van der Waals surface area contributed by atoms with E-state index >= 15 is 0 Å². The van der Waals surface area contributed by atoms with Gasteiger partial charge in [0.25, 0.3) is 0 Å². The van der Waals surface area contributed by atoms with Crippen LogP contribution in [0, 0.1) is 0 Å². The second kappa shape index (κ2) is 2.36. The molecule has 2 atom stereocenters. The number of hydrogen-bond donors (Lipinski definition) is 1. The third-order valence-electron chi connectivity index (χ3n) is 2.72. The first-order chi connectivity index (χ1) is 5.60. The predicted octanol–water partition coefficient (Wildman–Crippen LogP) is 0.189. The van der Waals surface area contributed by atoms with E-state index in [-0.39, 0.29) is 17.7 Å². The molecule has 12 heavy (non-hydrogen) atoms. The van der Waals surface area contributed by atoms with Gasteiger partial charge in [-0.3, -0.25) is 0 Å². The highest BCUT2D eigenvalue weighted by atomic mass is 16.6. The van der Waals surface area contributed by atoms with Crippen molar-refractivity contribution in [3.63, 3.8) is 0 Å². The lowest BCUT2D eigenvalue weighted by Gasteiger charge is -2.38. The molecule has 0 aromatic heterocycles. The fraction of sp³-hybridized carbons (Fsp3) is 0.875. The number of nitrogens with one attached hydrogen (secondary N) is 1. The van der Waals surface area contributed by atoms with E-state index in [0.29, 0.717) is 0 Å². The van der Waals surface area contributed by atoms with E-state index < -0.39 is 0 Å². The Morgan fingerprint density at radius 3 is 3.25 bits per heavy atom. The Morgan fingerprint density at radius 1 is 1.75 bits per heavy atom. The van der Waals surface area contributed by atoms with Gasteiger partial charge in [-0.25, -0.2) is 4.79 Å². The van der Waals surface area contributed by atoms with Crippen LogP contribution in [0.4, 0.5) is 4.79 Å². The van der Waals surface area contributed by atoms with E-state index in [1.165, 1.54) is 0 Å². The van der Waals surface area contributed by atoms with Crippen molar-refractivity contribution in [3.05, 3.63) is 0 Å². The van der Waals surface area contributed by atoms with Gasteiger partial charge in [0.05, 0.1) is 5.54 Å². The summed E-state index contributed by atoms with van der Waals surface area (Å²) in [4.78, 5) is 13.2. The van der Waals surface area contributed by atoms with Gasteiger partial charge in [-0.15, -0.1) is 0 Å². The summed E-state index contributed by atoms with van der Waals surface area (Å²) in [5, 5.41) is 2.86. The molecule has 0 radical (unpaired) electrons. The molecule has 0 aliphatic carbocycles. The number of carbonyl (C=O) groups is 1. The second-order valence-corrected chi connectivity index (χ2v) is 3.96. The first-order valence-electron chi connectivity index (χ1n) is 4.27. The van der Waals surface area contributed by atoms with Gasteiger partial charge >= 0.3 is 6.09 Å². The molecule has 2 rings (SSSR count). The molecule has 2 aliphatic heterocycles. The maximum atomic E-state index is 11.0. The van der Waals surface area contributed by atoms with Crippen molar-refractivity contribution in [2.24, 2.45) is 0 Å². The minimum absolute atomic E-state index is 0.0706. The molecule has 0 saturated carbocycles. The lowest BCUT2D eigenvalue weighted by molar-refractivity contribution is 0.0540. The van der Waals surface area contributed by atoms with Gasteiger partial charge in [0.15, 0.2) is 0 Å². The number of amides is 1. The highest BCUT2D eigenvalue weighted by Gasteiger charge is 2.47. The summed E-state index contributed by atoms with van der Waals surface area (Å²) < 4.78 is 5.14. The smallest absolute Gasteiger partial charge is 0.408 e. The van der Waals surface area contributed by atoms with Crippen LogP contribution < -0.4 is 5.32 Å². The van der Waals surface area contributed by atoms with Crippen LogP contribution in [0.25, 0.3) is 0 Å². The quantitative estimate of drug-likeness (QED) is 0.564. The summed E-state index contributed by atoms with van der Waals surface area (Å²) in [5.41, 5.74) is -0.163. The van der Waals surface area contributed by atoms with Crippen molar-refractivity contribution in [3.8, 4) is 0 Å². The summed E-state index contributed by atoms with van der Waals surface area (Å²) in [5.74, 6) is 0. The molecule has 2 fully saturated rings. The Morgan fingerprint density at radius 2 is 2.50 bits per heavy atom. The van der Waals surface area contributed by atoms with Crippen LogP contribution in [0.5, 0.6) is 0 Å². The van der Waals surface area contributed by atoms with Crippen LogP contribution in [0.3, 0.4) is 0 Å². The molecule has 0 aromatic carbocycles. The van der Waals surface area contributed by atoms with Crippen molar-refractivity contribution < 1.29 is 9.53 Å². The Balaban J connectivity index is 2.16. The number of likely N-dealkylation sites (N-methyl/N-ethyl adjacent to an activating group) is 1. The molecule has 4 nitrogen and oxygen atoms in total. The molecule has 0 aromatic rings. The van der Waals surface area contributed by atoms with Crippen LogP contribution in [-0.2, 0) is 4.74 Å². The number of nitrogens with zero attached hydrogens (tertiary/aromatic N) is 1. The van der Waals surface area contributed by atoms with Crippen molar-refractivity contribution in [1.29, 1.82) is 0 Å². The lowest BCUT2D eigenvalue weighted by Crippen LogP contribution is -2.57. The van der Waals surface area contributed by atoms with Crippen molar-refractivity contribution >= 4 is 6.09 Å². The number of carbonyl (C=O) groups excluding carboxylic acids is 1. The average molecular weight is 170 g/mol. The zero-order valence-electron chi connectivity index (χ0n) is 7.46. The SMILES string of the molecule is CN1CCC2OC(=O)NC2(C)C1. The van der Waals surface area contributed by atoms with E-state index in [2.05, 4.69) is 17.3 Å². The van der Waals surface area contributed by atoms with Crippen LogP contribution in [0.2, 0.25) is 0 Å². The summed E-state index contributed by atoms with van der Waals surface area (Å²) in [6, 6.07) is 0. The molecule has 4 heteroatoms. The first-order valence-corrected chi connectivity index (χ1v) is 4.27. The summed E-state index contributed by atoms with van der Waals surface area (Å²) >= 11 is 0. The van der Waals surface area contributed by atoms with E-state index in [9.17, 15) is 4.79 Å². The monoisotopic (exact) mass is 170 g/mol. The zero-order chi connectivity index (χ0) is 8.77. The number of ether oxygens (including phenoxy) is 1. The van der Waals surface area contributed by atoms with Gasteiger partial charge in [-0.1, -0.05) is 0 Å². The third kappa shape index (κ3) is 1.06. The predicted molar refractivity (Wildman–Crippen MR) is 43.9 cm³/mol. The topological polar surface area (TPSA) is 41.6 Å². The number of hydrogen-bond acceptors (Lipinski definition) is 3. The molecule has 0 bridgehead atoms. The summed E-state index contributed by atoms with van der Waals surface area (Å²) in [6.07, 6.45) is 0.741. The fourth-order valence-corrected chi connectivity index (χ4v) is 2.10. The molecule has 2 saturated heterocycles. The Bertz CT molecular complexity index is 219. The largest absolute Gasteiger partial charge is 0.444 e. The van der Waals surface area contributed by atoms with Gasteiger partial charge in [-0.05, 0) is 20.4 Å². The molecule has 2 heterocycles. The second-order valence-electron chi connectivity index (χ2n) is 3.96. The Kier molecular flexibility index (Phi) is 1.54. The maximum absolute atomic E-state index is 11.0. The standard InChI is InChI=1S/C8H14N2O2/c1-8-5-10(2)4-3-6(8)12-7(11)9-8/h6H,3-5H2,1-2H3,(H,9,11). The van der Waals surface area contributed by atoms with Gasteiger partial charge in [0.2, 0.25) is 0 Å². The molecular weight excluding hydrogens is 156 g/mol. The average Bonchev–Trinajstić information content (AvgIpc) is 2.22. The number of fused-ring (bicyclic) bond motifs is 1. The van der Waals surface area contributed by atoms with Gasteiger partial charge < -0.3 is 15.0 Å². The third-order valence-corrected chi connectivity index (χ3v) is 2.72. The van der Waals surface area contributed by atoms with E-state index in [1.807, 2.05) is 6.92 Å². The molecule has 2 aliphatic rings. The summed E-state index contributed by atoms with van der Waals surface area (Å²) in [6.45, 7) is 3.93. The van der Waals surface area contributed by atoms with Crippen LogP contribution in [0.1, 0.15) is 13.3 Å². The van der Waals surface area contributed by atoms with Gasteiger partial charge in [0, 0.05) is 13.1 Å². The molecule has 68 valence electrons. The van der Waals surface area contributed by atoms with Gasteiger partial charge in [0.1, 0.15) is 6.10 Å². The molecule has 2 unspecified atom stereocenters. The Hall–Kier alpha value is -0.770. The van der Waals surface area contributed by atoms with Gasteiger partial charge in [-0.2, -0.15) is 0 Å². The minimum atomic E-state index is -0.266. The minimum Gasteiger partial charge on any atom is -0.444 e. The normalized spacial score (nSPS) is 41.8. The molecular formula is C8H14N2O2. The molecule has 1 N–H and O–H groups in total.